The van der Waals surface area contributed by atoms with Crippen LogP contribution in [0.1, 0.15) is 26.2 Å². The van der Waals surface area contributed by atoms with Gasteiger partial charge in [-0.3, -0.25) is 9.59 Å². The van der Waals surface area contributed by atoms with E-state index in [0.29, 0.717) is 32.5 Å². The Balaban J connectivity index is 2.53. The van der Waals surface area contributed by atoms with Gasteiger partial charge < -0.3 is 15.7 Å². The first kappa shape index (κ1) is 13.0. The maximum Gasteiger partial charge on any atom is 0.308 e. The number of carboxylic acids is 1. The number of nitrogens with two attached hydrogens (primary N) is 1. The second-order valence-corrected chi connectivity index (χ2v) is 4.44. The molecule has 0 aliphatic carbocycles. The molecule has 1 saturated heterocycles. The van der Waals surface area contributed by atoms with Crippen LogP contribution >= 0.6 is 0 Å². The number of hydrogen-bond acceptors (Lipinski definition) is 3. The number of aliphatic carboxylic acids is 1. The molecule has 1 amide bonds. The van der Waals surface area contributed by atoms with Crippen molar-refractivity contribution in [3.63, 3.8) is 0 Å². The van der Waals surface area contributed by atoms with Gasteiger partial charge in [-0.05, 0) is 25.8 Å². The Labute approximate surface area is 95.6 Å². The molecule has 0 bridgehead atoms. The maximum absolute atomic E-state index is 11.9. The number of carbonyl (C=O) groups is 2. The monoisotopic (exact) mass is 228 g/mol. The Hall–Kier alpha value is -1.10. The van der Waals surface area contributed by atoms with Crippen LogP contribution in [0.3, 0.4) is 0 Å². The third-order valence-electron chi connectivity index (χ3n) is 3.10. The smallest absolute Gasteiger partial charge is 0.308 e. The van der Waals surface area contributed by atoms with E-state index in [1.807, 2.05) is 6.92 Å². The largest absolute Gasteiger partial charge is 0.481 e. The van der Waals surface area contributed by atoms with Crippen molar-refractivity contribution < 1.29 is 14.7 Å². The van der Waals surface area contributed by atoms with Gasteiger partial charge in [0.15, 0.2) is 0 Å². The first-order valence-corrected chi connectivity index (χ1v) is 5.78. The molecule has 0 spiro atoms. The molecule has 3 N–H and O–H groups in total. The van der Waals surface area contributed by atoms with Crippen molar-refractivity contribution in [2.24, 2.45) is 17.6 Å². The van der Waals surface area contributed by atoms with Gasteiger partial charge in [-0.15, -0.1) is 0 Å². The molecule has 0 radical (unpaired) electrons. The molecule has 2 unspecified atom stereocenters. The van der Waals surface area contributed by atoms with E-state index in [2.05, 4.69) is 0 Å². The van der Waals surface area contributed by atoms with Gasteiger partial charge in [0.2, 0.25) is 5.91 Å². The number of piperidine rings is 1. The van der Waals surface area contributed by atoms with Crippen LogP contribution in [-0.4, -0.2) is 41.5 Å². The summed E-state index contributed by atoms with van der Waals surface area (Å²) in [6, 6.07) is 0. The molecule has 0 aromatic heterocycles. The molecule has 1 fully saturated rings. The lowest BCUT2D eigenvalue weighted by Crippen LogP contribution is -2.44. The van der Waals surface area contributed by atoms with Crippen LogP contribution in [0.25, 0.3) is 0 Å². The van der Waals surface area contributed by atoms with Crippen molar-refractivity contribution in [2.75, 3.05) is 19.6 Å². The molecule has 0 aromatic carbocycles. The van der Waals surface area contributed by atoms with Gasteiger partial charge in [0, 0.05) is 19.0 Å². The second kappa shape index (κ2) is 5.84. The topological polar surface area (TPSA) is 83.6 Å². The molecule has 1 aliphatic heterocycles. The van der Waals surface area contributed by atoms with E-state index in [4.69, 9.17) is 10.8 Å². The van der Waals surface area contributed by atoms with Gasteiger partial charge >= 0.3 is 5.97 Å². The fourth-order valence-corrected chi connectivity index (χ4v) is 2.06. The Bertz CT molecular complexity index is 268. The number of amides is 1. The Morgan fingerprint density at radius 2 is 2.25 bits per heavy atom. The van der Waals surface area contributed by atoms with Crippen LogP contribution in [0.2, 0.25) is 0 Å². The molecule has 1 heterocycles. The number of carbonyl (C=O) groups excluding carboxylic acids is 1. The summed E-state index contributed by atoms with van der Waals surface area (Å²) < 4.78 is 0. The molecule has 5 nitrogen and oxygen atoms in total. The molecular weight excluding hydrogens is 208 g/mol. The third-order valence-corrected chi connectivity index (χ3v) is 3.10. The number of hydrogen-bond donors (Lipinski definition) is 2. The quantitative estimate of drug-likeness (QED) is 0.724. The Morgan fingerprint density at radius 3 is 2.81 bits per heavy atom. The van der Waals surface area contributed by atoms with Crippen molar-refractivity contribution in [1.82, 2.24) is 4.90 Å². The van der Waals surface area contributed by atoms with Gasteiger partial charge in [0.25, 0.3) is 0 Å². The van der Waals surface area contributed by atoms with E-state index in [1.165, 1.54) is 0 Å². The molecular formula is C11H20N2O3. The fourth-order valence-electron chi connectivity index (χ4n) is 2.06. The van der Waals surface area contributed by atoms with E-state index in [1.54, 1.807) is 4.90 Å². The van der Waals surface area contributed by atoms with Crippen LogP contribution < -0.4 is 5.73 Å². The van der Waals surface area contributed by atoms with Crippen LogP contribution in [0.5, 0.6) is 0 Å². The molecule has 0 aromatic rings. The van der Waals surface area contributed by atoms with Crippen molar-refractivity contribution in [1.29, 1.82) is 0 Å². The van der Waals surface area contributed by atoms with Crippen molar-refractivity contribution in [3.05, 3.63) is 0 Å². The lowest BCUT2D eigenvalue weighted by Gasteiger charge is -2.32. The number of rotatable bonds is 4. The molecule has 16 heavy (non-hydrogen) atoms. The highest BCUT2D eigenvalue weighted by Gasteiger charge is 2.29. The first-order chi connectivity index (χ1) is 7.56. The average molecular weight is 228 g/mol. The zero-order valence-electron chi connectivity index (χ0n) is 9.69. The van der Waals surface area contributed by atoms with E-state index in [-0.39, 0.29) is 11.8 Å². The van der Waals surface area contributed by atoms with Gasteiger partial charge in [-0.1, -0.05) is 6.92 Å². The van der Waals surface area contributed by atoms with Crippen molar-refractivity contribution in [2.45, 2.75) is 26.2 Å². The summed E-state index contributed by atoms with van der Waals surface area (Å²) in [5.41, 5.74) is 5.41. The van der Waals surface area contributed by atoms with Crippen molar-refractivity contribution in [3.8, 4) is 0 Å². The normalized spacial score (nSPS) is 22.9. The Morgan fingerprint density at radius 1 is 1.56 bits per heavy atom. The molecule has 5 heteroatoms. The lowest BCUT2D eigenvalue weighted by atomic mass is 9.96. The summed E-state index contributed by atoms with van der Waals surface area (Å²) in [6.45, 7) is 3.36. The summed E-state index contributed by atoms with van der Waals surface area (Å²) >= 11 is 0. The van der Waals surface area contributed by atoms with E-state index in [0.717, 1.165) is 6.42 Å². The van der Waals surface area contributed by atoms with Gasteiger partial charge in [-0.2, -0.15) is 0 Å². The molecule has 0 saturated carbocycles. The number of nitrogens with zero attached hydrogens (tertiary/aromatic N) is 1. The highest BCUT2D eigenvalue weighted by Crippen LogP contribution is 2.19. The average Bonchev–Trinajstić information content (AvgIpc) is 2.28. The highest BCUT2D eigenvalue weighted by atomic mass is 16.4. The number of likely N-dealkylation sites (tertiary alicyclic amines) is 1. The minimum absolute atomic E-state index is 0.0383. The van der Waals surface area contributed by atoms with Crippen LogP contribution in [0.15, 0.2) is 0 Å². The SMILES string of the molecule is CC(CCN)C(=O)N1CCCC(C(=O)O)C1. The zero-order chi connectivity index (χ0) is 12.1. The van der Waals surface area contributed by atoms with E-state index >= 15 is 0 Å². The zero-order valence-corrected chi connectivity index (χ0v) is 9.69. The summed E-state index contributed by atoms with van der Waals surface area (Å²) in [5, 5.41) is 8.92. The van der Waals surface area contributed by atoms with E-state index < -0.39 is 11.9 Å². The van der Waals surface area contributed by atoms with Crippen LogP contribution in [0.4, 0.5) is 0 Å². The minimum atomic E-state index is -0.802. The predicted molar refractivity (Wildman–Crippen MR) is 59.8 cm³/mol. The number of carboxylic acid groups (broad SMARTS) is 1. The summed E-state index contributed by atoms with van der Waals surface area (Å²) in [6.07, 6.45) is 2.11. The summed E-state index contributed by atoms with van der Waals surface area (Å²) in [7, 11) is 0. The van der Waals surface area contributed by atoms with Crippen LogP contribution in [0, 0.1) is 11.8 Å². The van der Waals surface area contributed by atoms with Gasteiger partial charge in [-0.25, -0.2) is 0 Å². The van der Waals surface area contributed by atoms with Gasteiger partial charge in [0.1, 0.15) is 0 Å². The Kier molecular flexibility index (Phi) is 4.73. The fraction of sp³-hybridized carbons (Fsp3) is 0.818. The summed E-state index contributed by atoms with van der Waals surface area (Å²) in [5.74, 6) is -1.26. The highest BCUT2D eigenvalue weighted by molar-refractivity contribution is 5.79. The molecule has 1 rings (SSSR count). The maximum atomic E-state index is 11.9. The van der Waals surface area contributed by atoms with Crippen LogP contribution in [-0.2, 0) is 9.59 Å². The standard InChI is InChI=1S/C11H20N2O3/c1-8(4-5-12)10(14)13-6-2-3-9(7-13)11(15)16/h8-9H,2-7,12H2,1H3,(H,15,16). The van der Waals surface area contributed by atoms with Gasteiger partial charge in [0.05, 0.1) is 5.92 Å². The van der Waals surface area contributed by atoms with E-state index in [9.17, 15) is 9.59 Å². The van der Waals surface area contributed by atoms with Crippen molar-refractivity contribution >= 4 is 11.9 Å². The second-order valence-electron chi connectivity index (χ2n) is 4.44. The third kappa shape index (κ3) is 3.20. The molecule has 1 aliphatic rings. The first-order valence-electron chi connectivity index (χ1n) is 5.78. The summed E-state index contributed by atoms with van der Waals surface area (Å²) in [4.78, 5) is 24.5. The minimum Gasteiger partial charge on any atom is -0.481 e. The molecule has 2 atom stereocenters. The molecule has 92 valence electrons. The predicted octanol–water partition coefficient (Wildman–Crippen LogP) is 0.295. The lowest BCUT2D eigenvalue weighted by molar-refractivity contribution is -0.146.